The van der Waals surface area contributed by atoms with Crippen LogP contribution in [0, 0.1) is 13.8 Å². The number of hydrogen-bond acceptors (Lipinski definition) is 5. The Morgan fingerprint density at radius 1 is 1.39 bits per heavy atom. The lowest BCUT2D eigenvalue weighted by molar-refractivity contribution is -0.695. The topological polar surface area (TPSA) is 90.2 Å². The van der Waals surface area contributed by atoms with E-state index in [1.807, 2.05) is 36.3 Å². The number of aliphatic hydroxyl groups is 1. The van der Waals surface area contributed by atoms with Gasteiger partial charge < -0.3 is 10.0 Å². The Bertz CT molecular complexity index is 1170. The van der Waals surface area contributed by atoms with Gasteiger partial charge in [-0.25, -0.2) is 9.55 Å². The zero-order chi connectivity index (χ0) is 22.1. The molecule has 7 nitrogen and oxygen atoms in total. The highest BCUT2D eigenvalue weighted by Gasteiger charge is 2.44. The molecule has 1 aromatic carbocycles. The van der Waals surface area contributed by atoms with Crippen molar-refractivity contribution >= 4 is 34.6 Å². The predicted molar refractivity (Wildman–Crippen MR) is 117 cm³/mol. The van der Waals surface area contributed by atoms with Gasteiger partial charge in [-0.05, 0) is 31.5 Å². The molecule has 1 atom stereocenters. The minimum absolute atomic E-state index is 0.0771. The molecule has 31 heavy (non-hydrogen) atoms. The Kier molecular flexibility index (Phi) is 5.93. The molecule has 3 aromatic rings. The average molecular weight is 458 g/mol. The normalized spacial score (nSPS) is 16.4. The number of halogens is 1. The van der Waals surface area contributed by atoms with Gasteiger partial charge in [0.15, 0.2) is 5.76 Å². The minimum Gasteiger partial charge on any atom is -0.503 e. The van der Waals surface area contributed by atoms with Gasteiger partial charge in [0.2, 0.25) is 12.1 Å². The molecular weight excluding hydrogens is 436 g/mol. The van der Waals surface area contributed by atoms with Crippen molar-refractivity contribution in [3.63, 3.8) is 0 Å². The SMILES string of the molecule is Cc1nc(C)c(C(=O)C2=C(O)C(=O)N(CCC[n+]3cc[nH]c3)C2c2cccc(Cl)c2)s1. The van der Waals surface area contributed by atoms with Crippen LogP contribution in [0.25, 0.3) is 0 Å². The van der Waals surface area contributed by atoms with Crippen LogP contribution in [0.2, 0.25) is 5.02 Å². The van der Waals surface area contributed by atoms with Crippen LogP contribution in [0.4, 0.5) is 0 Å². The fourth-order valence-electron chi connectivity index (χ4n) is 3.89. The monoisotopic (exact) mass is 457 g/mol. The molecular formula is C22H22ClN4O3S+. The Labute approximate surface area is 188 Å². The van der Waals surface area contributed by atoms with Gasteiger partial charge in [-0.3, -0.25) is 14.6 Å². The third-order valence-electron chi connectivity index (χ3n) is 5.24. The van der Waals surface area contributed by atoms with Crippen molar-refractivity contribution in [1.82, 2.24) is 14.9 Å². The molecule has 9 heteroatoms. The van der Waals surface area contributed by atoms with Crippen LogP contribution in [0.1, 0.15) is 38.4 Å². The molecule has 4 rings (SSSR count). The molecule has 3 heterocycles. The molecule has 0 radical (unpaired) electrons. The van der Waals surface area contributed by atoms with Gasteiger partial charge in [0.1, 0.15) is 12.4 Å². The zero-order valence-electron chi connectivity index (χ0n) is 17.1. The maximum absolute atomic E-state index is 13.4. The summed E-state index contributed by atoms with van der Waals surface area (Å²) >= 11 is 7.47. The summed E-state index contributed by atoms with van der Waals surface area (Å²) in [5.74, 6) is -1.43. The number of nitrogens with zero attached hydrogens (tertiary/aromatic N) is 3. The number of thiazole rings is 1. The van der Waals surface area contributed by atoms with Crippen molar-refractivity contribution in [1.29, 1.82) is 0 Å². The number of benzene rings is 1. The first-order valence-corrected chi connectivity index (χ1v) is 11.1. The van der Waals surface area contributed by atoms with Gasteiger partial charge in [0.05, 0.1) is 33.7 Å². The molecule has 1 aliphatic rings. The first kappa shape index (κ1) is 21.3. The lowest BCUT2D eigenvalue weighted by atomic mass is 9.95. The largest absolute Gasteiger partial charge is 0.503 e. The first-order valence-electron chi connectivity index (χ1n) is 9.87. The van der Waals surface area contributed by atoms with E-state index in [4.69, 9.17) is 11.6 Å². The minimum atomic E-state index is -0.711. The molecule has 0 aliphatic carbocycles. The number of amides is 1. The number of aromatic amines is 1. The van der Waals surface area contributed by atoms with E-state index in [1.54, 1.807) is 30.0 Å². The molecule has 0 spiro atoms. The predicted octanol–water partition coefficient (Wildman–Crippen LogP) is 3.70. The fourth-order valence-corrected chi connectivity index (χ4v) is 4.96. The van der Waals surface area contributed by atoms with E-state index in [9.17, 15) is 14.7 Å². The van der Waals surface area contributed by atoms with E-state index in [0.29, 0.717) is 40.7 Å². The standard InChI is InChI=1S/C22H21ClN4O3S/c1-13-21(31-14(2)25-13)19(28)17-18(15-5-3-6-16(23)11-15)27(22(30)20(17)29)9-4-8-26-10-7-24-12-26/h3,5-7,10-12,18H,4,8-9H2,1-2H3,(H,28,29)/p+1. The number of carbonyl (C=O) groups excluding carboxylic acids is 2. The molecule has 1 amide bonds. The second kappa shape index (κ2) is 8.64. The number of carbonyl (C=O) groups is 2. The Morgan fingerprint density at radius 3 is 2.84 bits per heavy atom. The van der Waals surface area contributed by atoms with Gasteiger partial charge >= 0.3 is 0 Å². The Balaban J connectivity index is 1.70. The highest BCUT2D eigenvalue weighted by atomic mass is 35.5. The highest BCUT2D eigenvalue weighted by Crippen LogP contribution is 2.40. The van der Waals surface area contributed by atoms with Gasteiger partial charge in [-0.1, -0.05) is 23.7 Å². The quantitative estimate of drug-likeness (QED) is 0.418. The molecule has 2 N–H and O–H groups in total. The van der Waals surface area contributed by atoms with Crippen molar-refractivity contribution in [2.45, 2.75) is 32.9 Å². The van der Waals surface area contributed by atoms with Crippen molar-refractivity contribution in [2.75, 3.05) is 6.54 Å². The second-order valence-electron chi connectivity index (χ2n) is 7.40. The summed E-state index contributed by atoms with van der Waals surface area (Å²) in [4.78, 5) is 35.7. The third-order valence-corrected chi connectivity index (χ3v) is 6.55. The van der Waals surface area contributed by atoms with Crippen LogP contribution in [0.3, 0.4) is 0 Å². The lowest BCUT2D eigenvalue weighted by Gasteiger charge is -2.26. The summed E-state index contributed by atoms with van der Waals surface area (Å²) in [5.41, 5.74) is 1.35. The summed E-state index contributed by atoms with van der Waals surface area (Å²) in [5, 5.41) is 12.0. The number of hydrogen-bond donors (Lipinski definition) is 2. The highest BCUT2D eigenvalue weighted by molar-refractivity contribution is 7.14. The number of Topliss-reactive ketones (excluding diaryl/α,β-unsaturated/α-hetero) is 1. The number of rotatable bonds is 7. The number of imidazole rings is 1. The lowest BCUT2D eigenvalue weighted by Crippen LogP contribution is -2.36. The molecule has 1 unspecified atom stereocenters. The van der Waals surface area contributed by atoms with Crippen LogP contribution in [0.15, 0.2) is 54.3 Å². The van der Waals surface area contributed by atoms with E-state index in [0.717, 1.165) is 5.01 Å². The summed E-state index contributed by atoms with van der Waals surface area (Å²) in [6.45, 7) is 4.63. The van der Waals surface area contributed by atoms with Gasteiger partial charge in [-0.2, -0.15) is 0 Å². The number of aliphatic hydroxyl groups excluding tert-OH is 1. The van der Waals surface area contributed by atoms with Crippen molar-refractivity contribution in [2.24, 2.45) is 0 Å². The molecule has 1 aliphatic heterocycles. The summed E-state index contributed by atoms with van der Waals surface area (Å²) in [6.07, 6.45) is 6.21. The number of ketones is 1. The van der Waals surface area contributed by atoms with Gasteiger partial charge in [0, 0.05) is 18.0 Å². The van der Waals surface area contributed by atoms with Crippen LogP contribution in [0.5, 0.6) is 0 Å². The summed E-state index contributed by atoms with van der Waals surface area (Å²) in [7, 11) is 0. The van der Waals surface area contributed by atoms with E-state index in [1.165, 1.54) is 11.3 Å². The fraction of sp³-hybridized carbons (Fsp3) is 0.273. The molecule has 2 aromatic heterocycles. The van der Waals surface area contributed by atoms with E-state index in [2.05, 4.69) is 9.97 Å². The molecule has 0 bridgehead atoms. The van der Waals surface area contributed by atoms with E-state index >= 15 is 0 Å². The van der Waals surface area contributed by atoms with Crippen molar-refractivity contribution in [3.05, 3.63) is 80.5 Å². The first-order chi connectivity index (χ1) is 14.9. The maximum atomic E-state index is 13.4. The Hall–Kier alpha value is -2.97. The number of nitrogens with one attached hydrogen (secondary N) is 1. The number of aryl methyl sites for hydroxylation is 3. The smallest absolute Gasteiger partial charge is 0.290 e. The maximum Gasteiger partial charge on any atom is 0.290 e. The summed E-state index contributed by atoms with van der Waals surface area (Å²) < 4.78 is 1.97. The average Bonchev–Trinajstić information content (AvgIpc) is 3.42. The van der Waals surface area contributed by atoms with Crippen molar-refractivity contribution in [3.8, 4) is 0 Å². The zero-order valence-corrected chi connectivity index (χ0v) is 18.7. The van der Waals surface area contributed by atoms with Crippen LogP contribution < -0.4 is 4.57 Å². The molecule has 0 fully saturated rings. The van der Waals surface area contributed by atoms with Crippen molar-refractivity contribution < 1.29 is 19.3 Å². The molecule has 0 saturated heterocycles. The summed E-state index contributed by atoms with van der Waals surface area (Å²) in [6, 6.07) is 6.33. The van der Waals surface area contributed by atoms with Crippen LogP contribution >= 0.6 is 22.9 Å². The number of aromatic nitrogens is 3. The second-order valence-corrected chi connectivity index (χ2v) is 9.04. The number of H-pyrrole nitrogens is 1. The third kappa shape index (κ3) is 4.13. The van der Waals surface area contributed by atoms with Crippen LogP contribution in [-0.2, 0) is 11.3 Å². The van der Waals surface area contributed by atoms with E-state index < -0.39 is 17.7 Å². The Morgan fingerprint density at radius 2 is 2.19 bits per heavy atom. The van der Waals surface area contributed by atoms with Crippen LogP contribution in [-0.4, -0.2) is 38.2 Å². The van der Waals surface area contributed by atoms with Gasteiger partial charge in [-0.15, -0.1) is 11.3 Å². The molecule has 0 saturated carbocycles. The van der Waals surface area contributed by atoms with E-state index in [-0.39, 0.29) is 11.4 Å². The van der Waals surface area contributed by atoms with Gasteiger partial charge in [0.25, 0.3) is 5.91 Å². The molecule has 160 valence electrons.